The van der Waals surface area contributed by atoms with Gasteiger partial charge in [0.25, 0.3) is 0 Å². The Morgan fingerprint density at radius 2 is 2.22 bits per heavy atom. The van der Waals surface area contributed by atoms with Crippen LogP contribution in [0, 0.1) is 5.41 Å². The molecule has 100 valence electrons. The molecule has 0 amide bonds. The van der Waals surface area contributed by atoms with Crippen LogP contribution in [0.3, 0.4) is 0 Å². The summed E-state index contributed by atoms with van der Waals surface area (Å²) >= 11 is 0. The summed E-state index contributed by atoms with van der Waals surface area (Å²) in [7, 11) is 0. The van der Waals surface area contributed by atoms with Crippen LogP contribution >= 0.6 is 0 Å². The second-order valence-corrected chi connectivity index (χ2v) is 5.40. The molecule has 0 saturated carbocycles. The maximum atomic E-state index is 5.63. The van der Waals surface area contributed by atoms with Gasteiger partial charge < -0.3 is 14.8 Å². The molecule has 0 spiro atoms. The summed E-state index contributed by atoms with van der Waals surface area (Å²) in [6.07, 6.45) is 1.04. The average Bonchev–Trinajstić information content (AvgIpc) is 2.35. The number of rotatable bonds is 7. The van der Waals surface area contributed by atoms with Crippen LogP contribution in [0.1, 0.15) is 25.8 Å². The summed E-state index contributed by atoms with van der Waals surface area (Å²) in [5, 5.41) is 3.49. The second kappa shape index (κ2) is 6.21. The normalized spacial score (nSPS) is 17.2. The van der Waals surface area contributed by atoms with Gasteiger partial charge in [0.15, 0.2) is 0 Å². The van der Waals surface area contributed by atoms with Crippen molar-refractivity contribution in [2.75, 3.05) is 26.4 Å². The third-order valence-electron chi connectivity index (χ3n) is 3.15. The SMILES string of the molecule is CCCOc1cccc(CNCC2(C)COC2)c1. The first kappa shape index (κ1) is 13.4. The van der Waals surface area contributed by atoms with Crippen molar-refractivity contribution in [2.45, 2.75) is 26.8 Å². The van der Waals surface area contributed by atoms with Gasteiger partial charge in [-0.3, -0.25) is 0 Å². The van der Waals surface area contributed by atoms with Crippen molar-refractivity contribution in [2.24, 2.45) is 5.41 Å². The molecule has 0 aromatic heterocycles. The molecule has 1 fully saturated rings. The number of ether oxygens (including phenoxy) is 2. The first-order valence-electron chi connectivity index (χ1n) is 6.72. The summed E-state index contributed by atoms with van der Waals surface area (Å²) in [5.74, 6) is 0.967. The molecule has 18 heavy (non-hydrogen) atoms. The van der Waals surface area contributed by atoms with E-state index in [2.05, 4.69) is 37.4 Å². The minimum Gasteiger partial charge on any atom is -0.494 e. The molecule has 2 rings (SSSR count). The van der Waals surface area contributed by atoms with Gasteiger partial charge in [0.05, 0.1) is 19.8 Å². The molecule has 0 radical (unpaired) electrons. The van der Waals surface area contributed by atoms with E-state index in [1.165, 1.54) is 5.56 Å². The molecule has 0 aliphatic carbocycles. The molecule has 1 aliphatic heterocycles. The van der Waals surface area contributed by atoms with Gasteiger partial charge in [-0.05, 0) is 24.1 Å². The fourth-order valence-corrected chi connectivity index (χ4v) is 2.03. The Bertz CT molecular complexity index is 375. The average molecular weight is 249 g/mol. The standard InChI is InChI=1S/C15H23NO2/c1-3-7-18-14-6-4-5-13(8-14)9-16-10-15(2)11-17-12-15/h4-6,8,16H,3,7,9-12H2,1-2H3. The minimum absolute atomic E-state index is 0.330. The molecular formula is C15H23NO2. The minimum atomic E-state index is 0.330. The molecule has 1 aromatic rings. The van der Waals surface area contributed by atoms with Gasteiger partial charge in [-0.2, -0.15) is 0 Å². The zero-order valence-electron chi connectivity index (χ0n) is 11.4. The number of nitrogens with one attached hydrogen (secondary N) is 1. The molecule has 1 heterocycles. The van der Waals surface area contributed by atoms with E-state index in [1.54, 1.807) is 0 Å². The van der Waals surface area contributed by atoms with Crippen LogP contribution in [0.25, 0.3) is 0 Å². The number of benzene rings is 1. The fraction of sp³-hybridized carbons (Fsp3) is 0.600. The van der Waals surface area contributed by atoms with E-state index >= 15 is 0 Å². The summed E-state index contributed by atoms with van der Waals surface area (Å²) in [5.41, 5.74) is 1.60. The molecule has 1 aromatic carbocycles. The highest BCUT2D eigenvalue weighted by molar-refractivity contribution is 5.28. The number of hydrogen-bond acceptors (Lipinski definition) is 3. The topological polar surface area (TPSA) is 30.5 Å². The molecule has 1 N–H and O–H groups in total. The van der Waals surface area contributed by atoms with Crippen LogP contribution in [0.2, 0.25) is 0 Å². The van der Waals surface area contributed by atoms with Crippen molar-refractivity contribution in [3.8, 4) is 5.75 Å². The van der Waals surface area contributed by atoms with Crippen molar-refractivity contribution in [1.29, 1.82) is 0 Å². The predicted octanol–water partition coefficient (Wildman–Crippen LogP) is 2.60. The first-order valence-corrected chi connectivity index (χ1v) is 6.72. The van der Waals surface area contributed by atoms with Gasteiger partial charge in [-0.15, -0.1) is 0 Å². The van der Waals surface area contributed by atoms with E-state index in [0.29, 0.717) is 5.41 Å². The summed E-state index contributed by atoms with van der Waals surface area (Å²) in [6.45, 7) is 8.80. The molecule has 0 atom stereocenters. The quantitative estimate of drug-likeness (QED) is 0.805. The first-order chi connectivity index (χ1) is 8.72. The lowest BCUT2D eigenvalue weighted by Crippen LogP contribution is -2.47. The van der Waals surface area contributed by atoms with E-state index in [-0.39, 0.29) is 0 Å². The van der Waals surface area contributed by atoms with Crippen molar-refractivity contribution in [3.63, 3.8) is 0 Å². The van der Waals surface area contributed by atoms with Crippen LogP contribution in [0.4, 0.5) is 0 Å². The lowest BCUT2D eigenvalue weighted by atomic mass is 9.89. The van der Waals surface area contributed by atoms with E-state index in [9.17, 15) is 0 Å². The molecule has 3 heteroatoms. The Balaban J connectivity index is 1.77. The highest BCUT2D eigenvalue weighted by Crippen LogP contribution is 2.25. The molecular weight excluding hydrogens is 226 g/mol. The molecule has 0 bridgehead atoms. The lowest BCUT2D eigenvalue weighted by molar-refractivity contribution is -0.0991. The highest BCUT2D eigenvalue weighted by Gasteiger charge is 2.32. The van der Waals surface area contributed by atoms with Gasteiger partial charge in [0.1, 0.15) is 5.75 Å². The Morgan fingerprint density at radius 1 is 1.39 bits per heavy atom. The van der Waals surface area contributed by atoms with E-state index in [1.807, 2.05) is 6.07 Å². The van der Waals surface area contributed by atoms with Crippen LogP contribution in [-0.2, 0) is 11.3 Å². The van der Waals surface area contributed by atoms with Gasteiger partial charge >= 0.3 is 0 Å². The van der Waals surface area contributed by atoms with Gasteiger partial charge in [0, 0.05) is 18.5 Å². The van der Waals surface area contributed by atoms with Gasteiger partial charge in [-0.1, -0.05) is 26.0 Å². The lowest BCUT2D eigenvalue weighted by Gasteiger charge is -2.38. The van der Waals surface area contributed by atoms with Crippen molar-refractivity contribution < 1.29 is 9.47 Å². The summed E-state index contributed by atoms with van der Waals surface area (Å²) in [6, 6.07) is 8.31. The Hall–Kier alpha value is -1.06. The smallest absolute Gasteiger partial charge is 0.119 e. The van der Waals surface area contributed by atoms with Crippen molar-refractivity contribution >= 4 is 0 Å². The van der Waals surface area contributed by atoms with Crippen molar-refractivity contribution in [3.05, 3.63) is 29.8 Å². The van der Waals surface area contributed by atoms with Crippen LogP contribution < -0.4 is 10.1 Å². The summed E-state index contributed by atoms with van der Waals surface area (Å²) in [4.78, 5) is 0. The van der Waals surface area contributed by atoms with Crippen LogP contribution in [0.15, 0.2) is 24.3 Å². The molecule has 1 saturated heterocycles. The van der Waals surface area contributed by atoms with Gasteiger partial charge in [-0.25, -0.2) is 0 Å². The Labute approximate surface area is 109 Å². The Morgan fingerprint density at radius 3 is 2.89 bits per heavy atom. The zero-order chi connectivity index (χ0) is 12.8. The summed E-state index contributed by atoms with van der Waals surface area (Å²) < 4.78 is 10.9. The van der Waals surface area contributed by atoms with E-state index in [4.69, 9.17) is 9.47 Å². The van der Waals surface area contributed by atoms with Crippen molar-refractivity contribution in [1.82, 2.24) is 5.32 Å². The third kappa shape index (κ3) is 3.72. The molecule has 1 aliphatic rings. The van der Waals surface area contributed by atoms with E-state index < -0.39 is 0 Å². The Kier molecular flexibility index (Phi) is 4.61. The molecule has 3 nitrogen and oxygen atoms in total. The van der Waals surface area contributed by atoms with Crippen LogP contribution in [-0.4, -0.2) is 26.4 Å². The van der Waals surface area contributed by atoms with E-state index in [0.717, 1.165) is 45.1 Å². The largest absolute Gasteiger partial charge is 0.494 e. The zero-order valence-corrected chi connectivity index (χ0v) is 11.4. The molecule has 0 unspecified atom stereocenters. The highest BCUT2D eigenvalue weighted by atomic mass is 16.5. The van der Waals surface area contributed by atoms with Gasteiger partial charge in [0.2, 0.25) is 0 Å². The van der Waals surface area contributed by atoms with Crippen LogP contribution in [0.5, 0.6) is 5.75 Å². The second-order valence-electron chi connectivity index (χ2n) is 5.40. The fourth-order valence-electron chi connectivity index (χ4n) is 2.03. The monoisotopic (exact) mass is 249 g/mol. The number of hydrogen-bond donors (Lipinski definition) is 1. The predicted molar refractivity (Wildman–Crippen MR) is 72.9 cm³/mol. The maximum Gasteiger partial charge on any atom is 0.119 e. The maximum absolute atomic E-state index is 5.63. The third-order valence-corrected chi connectivity index (χ3v) is 3.15.